The smallest absolute Gasteiger partial charge is 0.184 e. The second-order valence-corrected chi connectivity index (χ2v) is 12.8. The van der Waals surface area contributed by atoms with Gasteiger partial charge in [0.15, 0.2) is 19.9 Å². The van der Waals surface area contributed by atoms with Gasteiger partial charge < -0.3 is 14.6 Å². The van der Waals surface area contributed by atoms with Crippen LogP contribution in [0, 0.1) is 10.8 Å². The van der Waals surface area contributed by atoms with Gasteiger partial charge in [-0.05, 0) is 45.1 Å². The van der Waals surface area contributed by atoms with E-state index in [2.05, 4.69) is 0 Å². The quantitative estimate of drug-likeness (QED) is 0.478. The Kier molecular flexibility index (Phi) is 3.78. The summed E-state index contributed by atoms with van der Waals surface area (Å²) in [5, 5.41) is 20.4. The van der Waals surface area contributed by atoms with E-state index < -0.39 is 25.3 Å². The van der Waals surface area contributed by atoms with Gasteiger partial charge in [-0.25, -0.2) is 0 Å². The zero-order chi connectivity index (χ0) is 18.8. The maximum atomic E-state index is 13.5. The highest BCUT2D eigenvalue weighted by Gasteiger charge is 2.64. The summed E-state index contributed by atoms with van der Waals surface area (Å²) in [6, 6.07) is 2.50. The molecule has 0 aliphatic heterocycles. The van der Waals surface area contributed by atoms with Crippen LogP contribution in [-0.4, -0.2) is 36.2 Å². The number of ketones is 2. The summed E-state index contributed by atoms with van der Waals surface area (Å²) >= 11 is 0. The van der Waals surface area contributed by atoms with Gasteiger partial charge in [0, 0.05) is 5.41 Å². The number of carbonyl (C=O) groups is 2. The Morgan fingerprint density at radius 2 is 1.56 bits per heavy atom. The average molecular weight is 360 g/mol. The van der Waals surface area contributed by atoms with E-state index in [0.29, 0.717) is 6.42 Å². The SMILES string of the molecule is C[C@@]12CC=C[C@H](O[Si](C)(C)C)[C@]1(C)C(=O)c1c(O)ccc(O)c1C2=O. The fraction of sp³-hybridized carbons (Fsp3) is 0.474. The molecule has 3 rings (SSSR count). The van der Waals surface area contributed by atoms with Crippen LogP contribution in [0.15, 0.2) is 24.3 Å². The van der Waals surface area contributed by atoms with Gasteiger partial charge in [-0.15, -0.1) is 0 Å². The van der Waals surface area contributed by atoms with Crippen LogP contribution in [0.4, 0.5) is 0 Å². The van der Waals surface area contributed by atoms with Crippen molar-refractivity contribution in [2.75, 3.05) is 0 Å². The first-order valence-corrected chi connectivity index (χ1v) is 11.8. The van der Waals surface area contributed by atoms with Gasteiger partial charge in [-0.3, -0.25) is 9.59 Å². The molecule has 0 spiro atoms. The standard InChI is InChI=1S/C19H24O5Si/c1-18-10-6-7-13(24-25(3,4)5)19(18,2)17(23)15-12(21)9-8-11(20)14(15)16(18)22/h6-9,13,20-21H,10H2,1-5H3/t13-,18-,19+/m0/s1. The minimum Gasteiger partial charge on any atom is -0.507 e. The Morgan fingerprint density at radius 1 is 1.04 bits per heavy atom. The Balaban J connectivity index is 2.28. The van der Waals surface area contributed by atoms with Crippen molar-refractivity contribution in [1.82, 2.24) is 0 Å². The lowest BCUT2D eigenvalue weighted by Gasteiger charge is -2.53. The number of hydrogen-bond acceptors (Lipinski definition) is 5. The van der Waals surface area contributed by atoms with Crippen molar-refractivity contribution in [3.05, 3.63) is 35.4 Å². The molecule has 0 radical (unpaired) electrons. The summed E-state index contributed by atoms with van der Waals surface area (Å²) in [5.41, 5.74) is -2.35. The summed E-state index contributed by atoms with van der Waals surface area (Å²) in [6.07, 6.45) is 3.57. The molecule has 0 heterocycles. The van der Waals surface area contributed by atoms with Crippen LogP contribution in [0.3, 0.4) is 0 Å². The average Bonchev–Trinajstić information content (AvgIpc) is 2.50. The number of Topliss-reactive ketones (excluding diaryl/α,β-unsaturated/α-hetero) is 2. The number of rotatable bonds is 2. The maximum absolute atomic E-state index is 13.5. The summed E-state index contributed by atoms with van der Waals surface area (Å²) < 4.78 is 6.26. The molecular formula is C19H24O5Si. The number of phenols is 2. The second-order valence-electron chi connectivity index (χ2n) is 8.33. The predicted octanol–water partition coefficient (Wildman–Crippen LogP) is 3.67. The van der Waals surface area contributed by atoms with Gasteiger partial charge in [0.2, 0.25) is 0 Å². The lowest BCUT2D eigenvalue weighted by Crippen LogP contribution is -2.61. The van der Waals surface area contributed by atoms with Gasteiger partial charge in [0.25, 0.3) is 0 Å². The molecule has 1 aromatic carbocycles. The molecule has 25 heavy (non-hydrogen) atoms. The largest absolute Gasteiger partial charge is 0.507 e. The van der Waals surface area contributed by atoms with E-state index >= 15 is 0 Å². The molecule has 6 heteroatoms. The molecule has 2 N–H and O–H groups in total. The highest BCUT2D eigenvalue weighted by atomic mass is 28.4. The Hall–Kier alpha value is -1.92. The van der Waals surface area contributed by atoms with Crippen molar-refractivity contribution in [3.63, 3.8) is 0 Å². The van der Waals surface area contributed by atoms with E-state index in [4.69, 9.17) is 4.43 Å². The molecule has 1 aromatic rings. The van der Waals surface area contributed by atoms with Gasteiger partial charge >= 0.3 is 0 Å². The van der Waals surface area contributed by atoms with Crippen LogP contribution < -0.4 is 0 Å². The number of aromatic hydroxyl groups is 2. The topological polar surface area (TPSA) is 83.8 Å². The molecule has 0 saturated carbocycles. The van der Waals surface area contributed by atoms with Crippen molar-refractivity contribution in [1.29, 1.82) is 0 Å². The first-order chi connectivity index (χ1) is 11.4. The third-order valence-corrected chi connectivity index (χ3v) is 6.58. The predicted molar refractivity (Wildman–Crippen MR) is 96.6 cm³/mol. The number of benzene rings is 1. The fourth-order valence-corrected chi connectivity index (χ4v) is 5.04. The lowest BCUT2D eigenvalue weighted by molar-refractivity contribution is -0.0104. The molecule has 0 fully saturated rings. The Labute approximate surface area is 148 Å². The van der Waals surface area contributed by atoms with Crippen molar-refractivity contribution in [2.24, 2.45) is 10.8 Å². The van der Waals surface area contributed by atoms with E-state index in [9.17, 15) is 19.8 Å². The monoisotopic (exact) mass is 360 g/mol. The van der Waals surface area contributed by atoms with Crippen LogP contribution in [0.2, 0.25) is 19.6 Å². The number of hydrogen-bond donors (Lipinski definition) is 2. The third-order valence-electron chi connectivity index (χ3n) is 5.62. The van der Waals surface area contributed by atoms with E-state index in [1.807, 2.05) is 31.8 Å². The fourth-order valence-electron chi connectivity index (χ4n) is 3.97. The van der Waals surface area contributed by atoms with Crippen molar-refractivity contribution in [3.8, 4) is 11.5 Å². The van der Waals surface area contributed by atoms with E-state index in [1.165, 1.54) is 12.1 Å². The second kappa shape index (κ2) is 5.29. The third kappa shape index (κ3) is 2.31. The Bertz CT molecular complexity index is 807. The molecule has 3 atom stereocenters. The Morgan fingerprint density at radius 3 is 2.08 bits per heavy atom. The summed E-state index contributed by atoms with van der Waals surface area (Å²) in [6.45, 7) is 9.59. The summed E-state index contributed by atoms with van der Waals surface area (Å²) in [5.74, 6) is -1.24. The van der Waals surface area contributed by atoms with Crippen LogP contribution in [0.25, 0.3) is 0 Å². The molecule has 2 aliphatic carbocycles. The molecule has 0 bridgehead atoms. The summed E-state index contributed by atoms with van der Waals surface area (Å²) in [7, 11) is -2.00. The van der Waals surface area contributed by atoms with Gasteiger partial charge in [0.05, 0.1) is 22.6 Å². The van der Waals surface area contributed by atoms with Crippen LogP contribution in [0.1, 0.15) is 41.0 Å². The van der Waals surface area contributed by atoms with Crippen LogP contribution in [-0.2, 0) is 4.43 Å². The first kappa shape index (κ1) is 17.9. The molecule has 2 aliphatic rings. The molecular weight excluding hydrogens is 336 g/mol. The minimum absolute atomic E-state index is 0.0768. The van der Waals surface area contributed by atoms with Crippen molar-refractivity contribution in [2.45, 2.75) is 46.0 Å². The van der Waals surface area contributed by atoms with E-state index in [0.717, 1.165) is 0 Å². The first-order valence-electron chi connectivity index (χ1n) is 8.42. The van der Waals surface area contributed by atoms with Gasteiger partial charge in [-0.2, -0.15) is 0 Å². The minimum atomic E-state index is -2.00. The number of fused-ring (bicyclic) bond motifs is 2. The molecule has 0 amide bonds. The van der Waals surface area contributed by atoms with Gasteiger partial charge in [0.1, 0.15) is 11.5 Å². The highest BCUT2D eigenvalue weighted by molar-refractivity contribution is 6.69. The lowest BCUT2D eigenvalue weighted by atomic mass is 9.50. The van der Waals surface area contributed by atoms with E-state index in [1.54, 1.807) is 13.8 Å². The van der Waals surface area contributed by atoms with Crippen molar-refractivity contribution >= 4 is 19.9 Å². The van der Waals surface area contributed by atoms with Crippen LogP contribution >= 0.6 is 0 Å². The molecule has 134 valence electrons. The van der Waals surface area contributed by atoms with E-state index in [-0.39, 0.29) is 34.2 Å². The normalized spacial score (nSPS) is 31.6. The number of carbonyl (C=O) groups excluding carboxylic acids is 2. The summed E-state index contributed by atoms with van der Waals surface area (Å²) in [4.78, 5) is 26.8. The molecule has 0 unspecified atom stereocenters. The highest BCUT2D eigenvalue weighted by Crippen LogP contribution is 2.58. The molecule has 0 saturated heterocycles. The number of phenolic OH excluding ortho intramolecular Hbond substituents is 2. The van der Waals surface area contributed by atoms with Gasteiger partial charge in [-0.1, -0.05) is 19.1 Å². The zero-order valence-electron chi connectivity index (χ0n) is 15.2. The maximum Gasteiger partial charge on any atom is 0.184 e. The molecule has 0 aromatic heterocycles. The number of allylic oxidation sites excluding steroid dienone is 1. The zero-order valence-corrected chi connectivity index (χ0v) is 16.2. The van der Waals surface area contributed by atoms with Crippen molar-refractivity contribution < 1.29 is 24.2 Å². The molecule has 5 nitrogen and oxygen atoms in total. The van der Waals surface area contributed by atoms with Crippen LogP contribution in [0.5, 0.6) is 11.5 Å².